The molecule has 0 saturated heterocycles. The van der Waals surface area contributed by atoms with E-state index < -0.39 is 0 Å². The van der Waals surface area contributed by atoms with Gasteiger partial charge < -0.3 is 15.2 Å². The summed E-state index contributed by atoms with van der Waals surface area (Å²) >= 11 is 0. The summed E-state index contributed by atoms with van der Waals surface area (Å²) in [5.41, 5.74) is 1.32. The molecule has 0 bridgehead atoms. The van der Waals surface area contributed by atoms with Gasteiger partial charge in [0.2, 0.25) is 0 Å². The number of benzene rings is 1. The monoisotopic (exact) mass is 251 g/mol. The fourth-order valence-electron chi connectivity index (χ4n) is 1.96. The molecule has 0 aromatic heterocycles. The Morgan fingerprint density at radius 2 is 1.94 bits per heavy atom. The van der Waals surface area contributed by atoms with Gasteiger partial charge in [0.15, 0.2) is 0 Å². The molecule has 1 aromatic rings. The van der Waals surface area contributed by atoms with Gasteiger partial charge in [-0.3, -0.25) is 0 Å². The number of aryl methyl sites for hydroxylation is 1. The number of ether oxygens (including phenoxy) is 1. The number of aliphatic hydroxyl groups excluding tert-OH is 1. The summed E-state index contributed by atoms with van der Waals surface area (Å²) in [7, 11) is 1.68. The van der Waals surface area contributed by atoms with Crippen molar-refractivity contribution in [3.05, 3.63) is 29.8 Å². The second-order valence-electron chi connectivity index (χ2n) is 4.74. The van der Waals surface area contributed by atoms with Crippen LogP contribution >= 0.6 is 0 Å². The van der Waals surface area contributed by atoms with Gasteiger partial charge >= 0.3 is 0 Å². The Kier molecular flexibility index (Phi) is 6.76. The molecule has 0 radical (unpaired) electrons. The van der Waals surface area contributed by atoms with E-state index in [9.17, 15) is 0 Å². The van der Waals surface area contributed by atoms with Gasteiger partial charge in [0.05, 0.1) is 13.7 Å². The van der Waals surface area contributed by atoms with Crippen LogP contribution in [0.2, 0.25) is 0 Å². The molecular formula is C15H25NO2. The summed E-state index contributed by atoms with van der Waals surface area (Å²) in [4.78, 5) is 0. The van der Waals surface area contributed by atoms with E-state index in [0.29, 0.717) is 6.04 Å². The van der Waals surface area contributed by atoms with Gasteiger partial charge in [0.1, 0.15) is 5.75 Å². The van der Waals surface area contributed by atoms with Crippen LogP contribution in [0, 0.1) is 0 Å². The zero-order valence-electron chi connectivity index (χ0n) is 11.6. The summed E-state index contributed by atoms with van der Waals surface area (Å²) in [6.07, 6.45) is 3.08. The van der Waals surface area contributed by atoms with Crippen molar-refractivity contribution in [3.8, 4) is 5.75 Å². The minimum absolute atomic E-state index is 0.212. The van der Waals surface area contributed by atoms with E-state index in [0.717, 1.165) is 25.0 Å². The molecule has 0 heterocycles. The van der Waals surface area contributed by atoms with Crippen LogP contribution in [0.4, 0.5) is 0 Å². The van der Waals surface area contributed by atoms with E-state index in [-0.39, 0.29) is 12.6 Å². The Morgan fingerprint density at radius 3 is 2.44 bits per heavy atom. The highest BCUT2D eigenvalue weighted by Crippen LogP contribution is 2.13. The standard InChI is InChI=1S/C15H25NO2/c1-4-14(11-17)16-12(2)5-6-13-7-9-15(18-3)10-8-13/h7-10,12,14,16-17H,4-6,11H2,1-3H3/t12?,14-/m1/s1. The molecule has 102 valence electrons. The fourth-order valence-corrected chi connectivity index (χ4v) is 1.96. The Bertz CT molecular complexity index is 320. The number of hydrogen-bond donors (Lipinski definition) is 2. The molecule has 3 nitrogen and oxygen atoms in total. The van der Waals surface area contributed by atoms with Crippen LogP contribution in [-0.4, -0.2) is 30.9 Å². The second kappa shape index (κ2) is 8.11. The maximum absolute atomic E-state index is 9.14. The number of nitrogens with one attached hydrogen (secondary N) is 1. The SMILES string of the molecule is CC[C@H](CO)NC(C)CCc1ccc(OC)cc1. The quantitative estimate of drug-likeness (QED) is 0.745. The Morgan fingerprint density at radius 1 is 1.28 bits per heavy atom. The van der Waals surface area contributed by atoms with Gasteiger partial charge in [-0.1, -0.05) is 19.1 Å². The first-order valence-electron chi connectivity index (χ1n) is 6.69. The first kappa shape index (κ1) is 15.0. The molecule has 0 amide bonds. The Balaban J connectivity index is 2.34. The number of aliphatic hydroxyl groups is 1. The van der Waals surface area contributed by atoms with Gasteiger partial charge in [0.25, 0.3) is 0 Å². The number of rotatable bonds is 8. The third-order valence-electron chi connectivity index (χ3n) is 3.26. The van der Waals surface area contributed by atoms with Crippen LogP contribution in [0.1, 0.15) is 32.3 Å². The predicted molar refractivity (Wildman–Crippen MR) is 75.1 cm³/mol. The molecule has 2 N–H and O–H groups in total. The molecule has 1 aromatic carbocycles. The van der Waals surface area contributed by atoms with Gasteiger partial charge in [-0.25, -0.2) is 0 Å². The lowest BCUT2D eigenvalue weighted by Crippen LogP contribution is -2.38. The summed E-state index contributed by atoms with van der Waals surface area (Å²) in [6, 6.07) is 8.84. The average molecular weight is 251 g/mol. The van der Waals surface area contributed by atoms with Crippen molar-refractivity contribution in [2.45, 2.75) is 45.2 Å². The minimum Gasteiger partial charge on any atom is -0.497 e. The van der Waals surface area contributed by atoms with Crippen LogP contribution in [0.15, 0.2) is 24.3 Å². The van der Waals surface area contributed by atoms with Gasteiger partial charge in [-0.2, -0.15) is 0 Å². The van der Waals surface area contributed by atoms with E-state index in [1.54, 1.807) is 7.11 Å². The van der Waals surface area contributed by atoms with Crippen molar-refractivity contribution in [3.63, 3.8) is 0 Å². The van der Waals surface area contributed by atoms with Crippen LogP contribution in [0.3, 0.4) is 0 Å². The third-order valence-corrected chi connectivity index (χ3v) is 3.26. The maximum atomic E-state index is 9.14. The molecule has 0 spiro atoms. The normalized spacial score (nSPS) is 14.2. The first-order valence-corrected chi connectivity index (χ1v) is 6.69. The lowest BCUT2D eigenvalue weighted by Gasteiger charge is -2.20. The van der Waals surface area contributed by atoms with E-state index in [1.165, 1.54) is 5.56 Å². The molecular weight excluding hydrogens is 226 g/mol. The van der Waals surface area contributed by atoms with Crippen LogP contribution in [0.25, 0.3) is 0 Å². The Labute approximate surface area is 110 Å². The van der Waals surface area contributed by atoms with E-state index in [2.05, 4.69) is 31.3 Å². The first-order chi connectivity index (χ1) is 8.69. The third kappa shape index (κ3) is 5.07. The van der Waals surface area contributed by atoms with Gasteiger partial charge in [0, 0.05) is 12.1 Å². The fraction of sp³-hybridized carbons (Fsp3) is 0.600. The zero-order chi connectivity index (χ0) is 13.4. The molecule has 0 saturated carbocycles. The van der Waals surface area contributed by atoms with Crippen molar-refractivity contribution >= 4 is 0 Å². The van der Waals surface area contributed by atoms with Crippen LogP contribution in [-0.2, 0) is 6.42 Å². The number of methoxy groups -OCH3 is 1. The summed E-state index contributed by atoms with van der Waals surface area (Å²) < 4.78 is 5.14. The van der Waals surface area contributed by atoms with Crippen molar-refractivity contribution in [1.82, 2.24) is 5.32 Å². The van der Waals surface area contributed by atoms with E-state index in [1.807, 2.05) is 12.1 Å². The van der Waals surface area contributed by atoms with Crippen molar-refractivity contribution in [1.29, 1.82) is 0 Å². The molecule has 1 unspecified atom stereocenters. The van der Waals surface area contributed by atoms with Crippen LogP contribution < -0.4 is 10.1 Å². The lowest BCUT2D eigenvalue weighted by molar-refractivity contribution is 0.228. The van der Waals surface area contributed by atoms with Crippen molar-refractivity contribution < 1.29 is 9.84 Å². The molecule has 2 atom stereocenters. The second-order valence-corrected chi connectivity index (χ2v) is 4.74. The molecule has 1 rings (SSSR count). The molecule has 3 heteroatoms. The van der Waals surface area contributed by atoms with Crippen molar-refractivity contribution in [2.24, 2.45) is 0 Å². The molecule has 0 fully saturated rings. The minimum atomic E-state index is 0.212. The highest BCUT2D eigenvalue weighted by molar-refractivity contribution is 5.27. The van der Waals surface area contributed by atoms with E-state index in [4.69, 9.17) is 9.84 Å². The smallest absolute Gasteiger partial charge is 0.118 e. The summed E-state index contributed by atoms with van der Waals surface area (Å²) in [5, 5.41) is 12.6. The topological polar surface area (TPSA) is 41.5 Å². The molecule has 0 aliphatic rings. The lowest BCUT2D eigenvalue weighted by atomic mass is 10.1. The highest BCUT2D eigenvalue weighted by Gasteiger charge is 2.08. The zero-order valence-corrected chi connectivity index (χ0v) is 11.6. The molecule has 0 aliphatic carbocycles. The summed E-state index contributed by atoms with van der Waals surface area (Å²) in [5.74, 6) is 0.899. The highest BCUT2D eigenvalue weighted by atomic mass is 16.5. The summed E-state index contributed by atoms with van der Waals surface area (Å²) in [6.45, 7) is 4.47. The predicted octanol–water partition coefficient (Wildman–Crippen LogP) is 2.38. The number of hydrogen-bond acceptors (Lipinski definition) is 3. The molecule has 18 heavy (non-hydrogen) atoms. The van der Waals surface area contributed by atoms with Crippen LogP contribution in [0.5, 0.6) is 5.75 Å². The van der Waals surface area contributed by atoms with Gasteiger partial charge in [-0.05, 0) is 43.9 Å². The largest absolute Gasteiger partial charge is 0.497 e. The van der Waals surface area contributed by atoms with Gasteiger partial charge in [-0.15, -0.1) is 0 Å². The Hall–Kier alpha value is -1.06. The molecule has 0 aliphatic heterocycles. The van der Waals surface area contributed by atoms with E-state index >= 15 is 0 Å². The maximum Gasteiger partial charge on any atom is 0.118 e. The average Bonchev–Trinajstić information content (AvgIpc) is 2.43. The van der Waals surface area contributed by atoms with Crippen molar-refractivity contribution in [2.75, 3.05) is 13.7 Å².